The summed E-state index contributed by atoms with van der Waals surface area (Å²) in [5, 5.41) is 0. The maximum atomic E-state index is 2.28. The van der Waals surface area contributed by atoms with E-state index in [0.717, 1.165) is 0 Å². The van der Waals surface area contributed by atoms with Crippen molar-refractivity contribution >= 4 is 35.0 Å². The van der Waals surface area contributed by atoms with Gasteiger partial charge in [0.25, 0.3) is 0 Å². The first kappa shape index (κ1) is 8.24. The first-order valence-corrected chi connectivity index (χ1v) is 3.18. The number of hydrogen-bond donors (Lipinski definition) is 0. The average Bonchev–Trinajstić information content (AvgIpc) is 1.69. The second-order valence-corrected chi connectivity index (χ2v) is 2.54. The molecule has 0 aliphatic carbocycles. The van der Waals surface area contributed by atoms with E-state index < -0.39 is 0 Å². The van der Waals surface area contributed by atoms with Crippen molar-refractivity contribution in [1.82, 2.24) is 0 Å². The lowest BCUT2D eigenvalue weighted by Gasteiger charge is -1.80. The molecule has 43 valence electrons. The normalized spacial score (nSPS) is 7.62. The van der Waals surface area contributed by atoms with Gasteiger partial charge in [0.2, 0.25) is 0 Å². The Balaban J connectivity index is 0.000000490. The molecule has 0 fully saturated rings. The van der Waals surface area contributed by atoms with Crippen LogP contribution in [0.4, 0.5) is 0 Å². The van der Waals surface area contributed by atoms with Crippen LogP contribution in [0.25, 0.3) is 0 Å². The SMILES string of the molecule is Ic1ccccc1.[Cl]. The molecule has 1 aromatic carbocycles. The highest BCUT2D eigenvalue weighted by Crippen LogP contribution is 1.99. The minimum Gasteiger partial charge on any atom is -0.0622 e. The predicted molar refractivity (Wildman–Crippen MR) is 45.0 cm³/mol. The van der Waals surface area contributed by atoms with Crippen LogP contribution in [0.3, 0.4) is 0 Å². The second-order valence-electron chi connectivity index (χ2n) is 1.30. The molecule has 0 aromatic heterocycles. The van der Waals surface area contributed by atoms with Gasteiger partial charge in [-0.2, -0.15) is 0 Å². The lowest BCUT2D eigenvalue weighted by Crippen LogP contribution is -1.61. The molecular formula is C6H5ClI. The van der Waals surface area contributed by atoms with Crippen LogP contribution in [0.5, 0.6) is 0 Å². The van der Waals surface area contributed by atoms with Crippen LogP contribution in [0.2, 0.25) is 0 Å². The van der Waals surface area contributed by atoms with E-state index in [0.29, 0.717) is 0 Å². The van der Waals surface area contributed by atoms with E-state index in [1.165, 1.54) is 3.57 Å². The number of hydrogen-bond acceptors (Lipinski definition) is 0. The van der Waals surface area contributed by atoms with Crippen LogP contribution >= 0.6 is 35.0 Å². The zero-order valence-electron chi connectivity index (χ0n) is 4.14. The summed E-state index contributed by atoms with van der Waals surface area (Å²) in [6, 6.07) is 10.2. The molecule has 1 aromatic rings. The van der Waals surface area contributed by atoms with Crippen molar-refractivity contribution in [3.8, 4) is 0 Å². The molecular weight excluding hydrogens is 234 g/mol. The van der Waals surface area contributed by atoms with Gasteiger partial charge in [-0.1, -0.05) is 18.2 Å². The summed E-state index contributed by atoms with van der Waals surface area (Å²) < 4.78 is 1.29. The predicted octanol–water partition coefficient (Wildman–Crippen LogP) is 2.98. The Hall–Kier alpha value is 0.240. The number of rotatable bonds is 0. The molecule has 0 bridgehead atoms. The number of benzene rings is 1. The Kier molecular flexibility index (Phi) is 4.28. The van der Waals surface area contributed by atoms with Gasteiger partial charge in [-0.3, -0.25) is 0 Å². The van der Waals surface area contributed by atoms with Crippen LogP contribution < -0.4 is 0 Å². The lowest BCUT2D eigenvalue weighted by atomic mass is 10.4. The van der Waals surface area contributed by atoms with Crippen molar-refractivity contribution in [2.75, 3.05) is 0 Å². The summed E-state index contributed by atoms with van der Waals surface area (Å²) in [5.74, 6) is 0. The van der Waals surface area contributed by atoms with Gasteiger partial charge in [0.05, 0.1) is 0 Å². The van der Waals surface area contributed by atoms with Gasteiger partial charge in [0.1, 0.15) is 0 Å². The van der Waals surface area contributed by atoms with E-state index in [2.05, 4.69) is 34.7 Å². The van der Waals surface area contributed by atoms with Crippen LogP contribution in [0.1, 0.15) is 0 Å². The molecule has 0 amide bonds. The second kappa shape index (κ2) is 4.15. The van der Waals surface area contributed by atoms with E-state index in [4.69, 9.17) is 0 Å². The lowest BCUT2D eigenvalue weighted by molar-refractivity contribution is 1.65. The molecule has 0 saturated carbocycles. The Morgan fingerprint density at radius 3 is 1.75 bits per heavy atom. The van der Waals surface area contributed by atoms with Gasteiger partial charge < -0.3 is 0 Å². The molecule has 0 heterocycles. The van der Waals surface area contributed by atoms with Gasteiger partial charge in [-0.25, -0.2) is 0 Å². The molecule has 0 unspecified atom stereocenters. The van der Waals surface area contributed by atoms with Crippen molar-refractivity contribution in [2.24, 2.45) is 0 Å². The first-order valence-electron chi connectivity index (χ1n) is 2.10. The van der Waals surface area contributed by atoms with Crippen LogP contribution in [-0.4, -0.2) is 0 Å². The molecule has 0 saturated heterocycles. The smallest absolute Gasteiger partial charge is 0.0130 e. The minimum atomic E-state index is 0. The van der Waals surface area contributed by atoms with Gasteiger partial charge in [0, 0.05) is 16.0 Å². The molecule has 0 aliphatic heterocycles. The van der Waals surface area contributed by atoms with E-state index in [1.807, 2.05) is 18.2 Å². The maximum Gasteiger partial charge on any atom is 0.0130 e. The van der Waals surface area contributed by atoms with E-state index in [1.54, 1.807) is 0 Å². The minimum absolute atomic E-state index is 0. The molecule has 0 spiro atoms. The summed E-state index contributed by atoms with van der Waals surface area (Å²) in [6.07, 6.45) is 0. The fraction of sp³-hybridized carbons (Fsp3) is 0. The Labute approximate surface area is 68.8 Å². The average molecular weight is 239 g/mol. The Morgan fingerprint density at radius 1 is 1.00 bits per heavy atom. The molecule has 1 radical (unpaired) electrons. The zero-order valence-corrected chi connectivity index (χ0v) is 7.06. The van der Waals surface area contributed by atoms with Crippen molar-refractivity contribution in [1.29, 1.82) is 0 Å². The quantitative estimate of drug-likeness (QED) is 0.611. The van der Waals surface area contributed by atoms with E-state index in [-0.39, 0.29) is 12.4 Å². The molecule has 0 aliphatic rings. The largest absolute Gasteiger partial charge is 0.0622 e. The monoisotopic (exact) mass is 239 g/mol. The molecule has 2 heteroatoms. The van der Waals surface area contributed by atoms with Gasteiger partial charge in [-0.15, -0.1) is 0 Å². The van der Waals surface area contributed by atoms with E-state index in [9.17, 15) is 0 Å². The highest BCUT2D eigenvalue weighted by atomic mass is 127. The summed E-state index contributed by atoms with van der Waals surface area (Å²) in [7, 11) is 0. The van der Waals surface area contributed by atoms with Gasteiger partial charge in [-0.05, 0) is 34.7 Å². The fourth-order valence-electron chi connectivity index (χ4n) is 0.415. The third-order valence-corrected chi connectivity index (χ3v) is 1.45. The Bertz CT molecular complexity index is 138. The fourth-order valence-corrected chi connectivity index (χ4v) is 0.830. The highest BCUT2D eigenvalue weighted by molar-refractivity contribution is 14.1. The maximum absolute atomic E-state index is 2.28. The third-order valence-electron chi connectivity index (χ3n) is 0.733. The zero-order chi connectivity index (χ0) is 5.11. The number of halogens is 2. The van der Waals surface area contributed by atoms with Crippen LogP contribution in [0, 0.1) is 3.57 Å². The molecule has 1 rings (SSSR count). The first-order chi connectivity index (χ1) is 3.39. The topological polar surface area (TPSA) is 0 Å². The standard InChI is InChI=1S/C6H5I.Cl/c7-6-4-2-1-3-5-6;/h1-5H;. The van der Waals surface area contributed by atoms with Crippen molar-refractivity contribution in [3.63, 3.8) is 0 Å². The summed E-state index contributed by atoms with van der Waals surface area (Å²) in [6.45, 7) is 0. The van der Waals surface area contributed by atoms with Crippen LogP contribution in [-0.2, 0) is 0 Å². The highest BCUT2D eigenvalue weighted by Gasteiger charge is 1.74. The van der Waals surface area contributed by atoms with Gasteiger partial charge in [0.15, 0.2) is 0 Å². The summed E-state index contributed by atoms with van der Waals surface area (Å²) in [5.41, 5.74) is 0. The third kappa shape index (κ3) is 2.52. The van der Waals surface area contributed by atoms with Crippen molar-refractivity contribution in [3.05, 3.63) is 33.9 Å². The summed E-state index contributed by atoms with van der Waals surface area (Å²) >= 11 is 2.28. The van der Waals surface area contributed by atoms with Crippen molar-refractivity contribution in [2.45, 2.75) is 0 Å². The molecule has 8 heavy (non-hydrogen) atoms. The molecule has 0 N–H and O–H groups in total. The molecule has 0 atom stereocenters. The van der Waals surface area contributed by atoms with Crippen LogP contribution in [0.15, 0.2) is 30.3 Å². The van der Waals surface area contributed by atoms with Crippen molar-refractivity contribution < 1.29 is 0 Å². The van der Waals surface area contributed by atoms with E-state index >= 15 is 0 Å². The summed E-state index contributed by atoms with van der Waals surface area (Å²) in [4.78, 5) is 0. The Morgan fingerprint density at radius 2 is 1.50 bits per heavy atom. The molecule has 0 nitrogen and oxygen atoms in total. The van der Waals surface area contributed by atoms with Gasteiger partial charge >= 0.3 is 0 Å².